The van der Waals surface area contributed by atoms with E-state index in [9.17, 15) is 4.79 Å². The van der Waals surface area contributed by atoms with Gasteiger partial charge < -0.3 is 0 Å². The van der Waals surface area contributed by atoms with Crippen LogP contribution in [0.2, 0.25) is 0 Å². The maximum Gasteiger partial charge on any atom is 0.244 e. The van der Waals surface area contributed by atoms with Crippen LogP contribution >= 0.6 is 11.8 Å². The largest absolute Gasteiger partial charge is 0.273 e. The van der Waals surface area contributed by atoms with Gasteiger partial charge in [-0.15, -0.1) is 10.2 Å². The van der Waals surface area contributed by atoms with Gasteiger partial charge in [0, 0.05) is 5.41 Å². The summed E-state index contributed by atoms with van der Waals surface area (Å²) in [7, 11) is 0. The Hall–Kier alpha value is -1.04. The number of carbonyl (C=O) groups excluding carboxylic acids is 1. The highest BCUT2D eigenvalue weighted by molar-refractivity contribution is 7.99. The summed E-state index contributed by atoms with van der Waals surface area (Å²) >= 11 is 1.55. The molecule has 16 heavy (non-hydrogen) atoms. The van der Waals surface area contributed by atoms with Crippen molar-refractivity contribution in [3.8, 4) is 0 Å². The fraction of sp³-hybridized carbons (Fsp3) is 0.700. The van der Waals surface area contributed by atoms with E-state index in [1.807, 2.05) is 34.6 Å². The summed E-state index contributed by atoms with van der Waals surface area (Å²) in [6, 6.07) is 0. The Morgan fingerprint density at radius 1 is 1.44 bits per heavy atom. The predicted octanol–water partition coefficient (Wildman–Crippen LogP) is 1.81. The fourth-order valence-electron chi connectivity index (χ4n) is 0.963. The van der Waals surface area contributed by atoms with Crippen molar-refractivity contribution < 1.29 is 4.79 Å². The molecule has 0 aliphatic rings. The molecule has 90 valence electrons. The second-order valence-corrected chi connectivity index (χ2v) is 5.72. The molecule has 1 aromatic rings. The smallest absolute Gasteiger partial charge is 0.244 e. The van der Waals surface area contributed by atoms with E-state index >= 15 is 0 Å². The maximum atomic E-state index is 11.8. The SMILES string of the molecule is CCSc1nnc(C)n1NC(=O)C(C)(C)C. The fourth-order valence-corrected chi connectivity index (χ4v) is 1.63. The summed E-state index contributed by atoms with van der Waals surface area (Å²) < 4.78 is 1.64. The first-order valence-corrected chi connectivity index (χ1v) is 6.21. The molecule has 0 bridgehead atoms. The van der Waals surface area contributed by atoms with Crippen LogP contribution < -0.4 is 5.43 Å². The van der Waals surface area contributed by atoms with Gasteiger partial charge in [-0.2, -0.15) is 0 Å². The molecular formula is C10H18N4OS. The van der Waals surface area contributed by atoms with Crippen LogP contribution in [0.3, 0.4) is 0 Å². The lowest BCUT2D eigenvalue weighted by atomic mass is 9.96. The van der Waals surface area contributed by atoms with Crippen LogP contribution in [0.4, 0.5) is 0 Å². The molecule has 1 N–H and O–H groups in total. The van der Waals surface area contributed by atoms with Crippen LogP contribution in [0, 0.1) is 12.3 Å². The first kappa shape index (κ1) is 13.0. The third kappa shape index (κ3) is 2.98. The van der Waals surface area contributed by atoms with E-state index in [-0.39, 0.29) is 5.91 Å². The number of aromatic nitrogens is 3. The lowest BCUT2D eigenvalue weighted by molar-refractivity contribution is -0.124. The predicted molar refractivity (Wildman–Crippen MR) is 65.0 cm³/mol. The number of nitrogens with one attached hydrogen (secondary N) is 1. The van der Waals surface area contributed by atoms with Gasteiger partial charge in [-0.3, -0.25) is 10.2 Å². The minimum absolute atomic E-state index is 0.0478. The third-order valence-electron chi connectivity index (χ3n) is 1.96. The summed E-state index contributed by atoms with van der Waals surface area (Å²) in [6.07, 6.45) is 0. The topological polar surface area (TPSA) is 59.8 Å². The lowest BCUT2D eigenvalue weighted by Crippen LogP contribution is -2.34. The van der Waals surface area contributed by atoms with Gasteiger partial charge in [0.1, 0.15) is 5.82 Å². The Bertz CT molecular complexity index is 381. The number of rotatable bonds is 3. The first-order chi connectivity index (χ1) is 7.36. The molecule has 0 atom stereocenters. The zero-order chi connectivity index (χ0) is 12.3. The molecule has 1 amide bonds. The molecule has 0 aliphatic carbocycles. The van der Waals surface area contributed by atoms with Crippen molar-refractivity contribution in [1.82, 2.24) is 14.9 Å². The molecule has 1 aromatic heterocycles. The van der Waals surface area contributed by atoms with E-state index in [4.69, 9.17) is 0 Å². The van der Waals surface area contributed by atoms with Crippen molar-refractivity contribution >= 4 is 17.7 Å². The number of hydrogen-bond acceptors (Lipinski definition) is 4. The molecule has 1 heterocycles. The van der Waals surface area contributed by atoms with Gasteiger partial charge in [0.15, 0.2) is 0 Å². The van der Waals surface area contributed by atoms with Gasteiger partial charge in [-0.25, -0.2) is 4.68 Å². The van der Waals surface area contributed by atoms with Crippen LogP contribution in [0.5, 0.6) is 0 Å². The normalized spacial score (nSPS) is 11.6. The van der Waals surface area contributed by atoms with Crippen molar-refractivity contribution in [2.75, 3.05) is 11.2 Å². The highest BCUT2D eigenvalue weighted by Crippen LogP contribution is 2.17. The summed E-state index contributed by atoms with van der Waals surface area (Å²) in [5, 5.41) is 8.67. The van der Waals surface area contributed by atoms with Crippen molar-refractivity contribution in [3.05, 3.63) is 5.82 Å². The van der Waals surface area contributed by atoms with Gasteiger partial charge in [0.05, 0.1) is 0 Å². The quantitative estimate of drug-likeness (QED) is 0.821. The average Bonchev–Trinajstić information content (AvgIpc) is 2.49. The lowest BCUT2D eigenvalue weighted by Gasteiger charge is -2.19. The second-order valence-electron chi connectivity index (χ2n) is 4.49. The van der Waals surface area contributed by atoms with E-state index in [1.165, 1.54) is 0 Å². The van der Waals surface area contributed by atoms with Crippen LogP contribution in [-0.4, -0.2) is 26.5 Å². The van der Waals surface area contributed by atoms with E-state index in [0.29, 0.717) is 5.82 Å². The van der Waals surface area contributed by atoms with Gasteiger partial charge in [0.2, 0.25) is 11.1 Å². The molecular weight excluding hydrogens is 224 g/mol. The van der Waals surface area contributed by atoms with E-state index in [2.05, 4.69) is 15.6 Å². The Morgan fingerprint density at radius 2 is 2.06 bits per heavy atom. The third-order valence-corrected chi connectivity index (χ3v) is 2.77. The monoisotopic (exact) mass is 242 g/mol. The molecule has 0 unspecified atom stereocenters. The number of carbonyl (C=O) groups is 1. The number of hydrogen-bond donors (Lipinski definition) is 1. The average molecular weight is 242 g/mol. The molecule has 5 nitrogen and oxygen atoms in total. The molecule has 0 saturated carbocycles. The molecule has 0 aromatic carbocycles. The molecule has 0 saturated heterocycles. The highest BCUT2D eigenvalue weighted by atomic mass is 32.2. The number of nitrogens with zero attached hydrogens (tertiary/aromatic N) is 3. The zero-order valence-electron chi connectivity index (χ0n) is 10.4. The molecule has 1 rings (SSSR count). The van der Waals surface area contributed by atoms with Crippen molar-refractivity contribution in [2.45, 2.75) is 39.8 Å². The Labute approximate surface area is 100.0 Å². The van der Waals surface area contributed by atoms with Gasteiger partial charge in [-0.05, 0) is 12.7 Å². The molecule has 0 aliphatic heterocycles. The zero-order valence-corrected chi connectivity index (χ0v) is 11.2. The summed E-state index contributed by atoms with van der Waals surface area (Å²) in [6.45, 7) is 9.46. The number of thioether (sulfide) groups is 1. The maximum absolute atomic E-state index is 11.8. The minimum atomic E-state index is -0.426. The van der Waals surface area contributed by atoms with E-state index in [0.717, 1.165) is 10.9 Å². The minimum Gasteiger partial charge on any atom is -0.273 e. The number of aryl methyl sites for hydroxylation is 1. The van der Waals surface area contributed by atoms with E-state index in [1.54, 1.807) is 16.4 Å². The van der Waals surface area contributed by atoms with Crippen LogP contribution in [0.15, 0.2) is 5.16 Å². The molecule has 0 spiro atoms. The molecule has 6 heteroatoms. The molecule has 0 fully saturated rings. The van der Waals surface area contributed by atoms with Crippen molar-refractivity contribution in [2.24, 2.45) is 5.41 Å². The van der Waals surface area contributed by atoms with Crippen LogP contribution in [-0.2, 0) is 4.79 Å². The van der Waals surface area contributed by atoms with Crippen molar-refractivity contribution in [3.63, 3.8) is 0 Å². The van der Waals surface area contributed by atoms with Crippen LogP contribution in [0.1, 0.15) is 33.5 Å². The first-order valence-electron chi connectivity index (χ1n) is 5.22. The van der Waals surface area contributed by atoms with Gasteiger partial charge in [-0.1, -0.05) is 39.5 Å². The standard InChI is InChI=1S/C10H18N4OS/c1-6-16-9-12-11-7(2)14(9)13-8(15)10(3,4)5/h6H2,1-5H3,(H,13,15). The Morgan fingerprint density at radius 3 is 2.56 bits per heavy atom. The summed E-state index contributed by atoms with van der Waals surface area (Å²) in [5.74, 6) is 1.53. The second kappa shape index (κ2) is 4.86. The molecule has 0 radical (unpaired) electrons. The van der Waals surface area contributed by atoms with Crippen LogP contribution in [0.25, 0.3) is 0 Å². The number of amides is 1. The van der Waals surface area contributed by atoms with E-state index < -0.39 is 5.41 Å². The van der Waals surface area contributed by atoms with Gasteiger partial charge in [0.25, 0.3) is 0 Å². The summed E-state index contributed by atoms with van der Waals surface area (Å²) in [5.41, 5.74) is 2.39. The highest BCUT2D eigenvalue weighted by Gasteiger charge is 2.23. The van der Waals surface area contributed by atoms with Gasteiger partial charge >= 0.3 is 0 Å². The van der Waals surface area contributed by atoms with Crippen molar-refractivity contribution in [1.29, 1.82) is 0 Å². The summed E-state index contributed by atoms with van der Waals surface area (Å²) in [4.78, 5) is 11.8. The Kier molecular flexibility index (Phi) is 3.96. The Balaban J connectivity index is 2.88.